The molecular formula is C19H18F2N4S. The zero-order valence-corrected chi connectivity index (χ0v) is 15.2. The number of aromatic nitrogens is 2. The van der Waals surface area contributed by atoms with Crippen LogP contribution in [0, 0.1) is 25.5 Å². The molecule has 3 aromatic rings. The van der Waals surface area contributed by atoms with E-state index in [4.69, 9.17) is 12.2 Å². The van der Waals surface area contributed by atoms with Crippen LogP contribution in [0.4, 0.5) is 20.2 Å². The maximum Gasteiger partial charge on any atom is 0.175 e. The Labute approximate surface area is 155 Å². The molecule has 3 rings (SSSR count). The lowest BCUT2D eigenvalue weighted by Crippen LogP contribution is -2.20. The highest BCUT2D eigenvalue weighted by atomic mass is 32.1. The molecule has 0 aliphatic carbocycles. The maximum absolute atomic E-state index is 13.3. The lowest BCUT2D eigenvalue weighted by Gasteiger charge is -2.11. The van der Waals surface area contributed by atoms with Crippen molar-refractivity contribution in [1.29, 1.82) is 0 Å². The van der Waals surface area contributed by atoms with Gasteiger partial charge >= 0.3 is 0 Å². The number of hydrogen-bond acceptors (Lipinski definition) is 2. The molecule has 2 aromatic carbocycles. The summed E-state index contributed by atoms with van der Waals surface area (Å²) in [7, 11) is 0. The normalized spacial score (nSPS) is 10.6. The first-order chi connectivity index (χ1) is 12.4. The number of thiocarbonyl (C=S) groups is 1. The molecule has 134 valence electrons. The molecule has 0 atom stereocenters. The van der Waals surface area contributed by atoms with E-state index in [1.54, 1.807) is 24.3 Å². The van der Waals surface area contributed by atoms with Crippen molar-refractivity contribution in [2.45, 2.75) is 20.4 Å². The predicted octanol–water partition coefficient (Wildman–Crippen LogP) is 4.64. The van der Waals surface area contributed by atoms with Gasteiger partial charge in [0.1, 0.15) is 11.6 Å². The van der Waals surface area contributed by atoms with Crippen LogP contribution < -0.4 is 10.6 Å². The molecule has 2 N–H and O–H groups in total. The van der Waals surface area contributed by atoms with Gasteiger partial charge in [0.25, 0.3) is 0 Å². The SMILES string of the molecule is Cc1nn(Cc2ccc(F)cc2)c(C)c1NC(=S)Nc1cccc(F)c1. The molecule has 0 unspecified atom stereocenters. The summed E-state index contributed by atoms with van der Waals surface area (Å²) in [4.78, 5) is 0. The highest BCUT2D eigenvalue weighted by Crippen LogP contribution is 2.21. The third-order valence-corrected chi connectivity index (χ3v) is 4.15. The average Bonchev–Trinajstić information content (AvgIpc) is 2.84. The van der Waals surface area contributed by atoms with E-state index in [2.05, 4.69) is 15.7 Å². The van der Waals surface area contributed by atoms with Gasteiger partial charge in [0.2, 0.25) is 0 Å². The minimum atomic E-state index is -0.336. The third-order valence-electron chi connectivity index (χ3n) is 3.95. The van der Waals surface area contributed by atoms with Crippen LogP contribution in [0.1, 0.15) is 17.0 Å². The van der Waals surface area contributed by atoms with Crippen molar-refractivity contribution in [3.8, 4) is 0 Å². The molecule has 0 spiro atoms. The van der Waals surface area contributed by atoms with Crippen LogP contribution >= 0.6 is 12.2 Å². The van der Waals surface area contributed by atoms with Crippen LogP contribution in [0.2, 0.25) is 0 Å². The van der Waals surface area contributed by atoms with Crippen LogP contribution in [-0.4, -0.2) is 14.9 Å². The highest BCUT2D eigenvalue weighted by Gasteiger charge is 2.13. The molecule has 4 nitrogen and oxygen atoms in total. The number of halogens is 2. The van der Waals surface area contributed by atoms with Gasteiger partial charge in [0, 0.05) is 5.69 Å². The number of nitrogens with zero attached hydrogens (tertiary/aromatic N) is 2. The molecule has 26 heavy (non-hydrogen) atoms. The van der Waals surface area contributed by atoms with Gasteiger partial charge in [-0.25, -0.2) is 8.78 Å². The fourth-order valence-electron chi connectivity index (χ4n) is 2.64. The molecule has 1 heterocycles. The summed E-state index contributed by atoms with van der Waals surface area (Å²) >= 11 is 5.31. The van der Waals surface area contributed by atoms with E-state index in [-0.39, 0.29) is 11.6 Å². The van der Waals surface area contributed by atoms with Crippen molar-refractivity contribution in [1.82, 2.24) is 9.78 Å². The molecule has 0 aliphatic heterocycles. The second kappa shape index (κ2) is 7.61. The van der Waals surface area contributed by atoms with Crippen LogP contribution in [0.3, 0.4) is 0 Å². The van der Waals surface area contributed by atoms with E-state index >= 15 is 0 Å². The number of hydrogen-bond donors (Lipinski definition) is 2. The molecule has 1 aromatic heterocycles. The molecule has 0 amide bonds. The summed E-state index contributed by atoms with van der Waals surface area (Å²) in [5, 5.41) is 10.9. The topological polar surface area (TPSA) is 41.9 Å². The fourth-order valence-corrected chi connectivity index (χ4v) is 2.86. The van der Waals surface area contributed by atoms with Crippen molar-refractivity contribution in [2.24, 2.45) is 0 Å². The van der Waals surface area contributed by atoms with Crippen LogP contribution in [0.25, 0.3) is 0 Å². The van der Waals surface area contributed by atoms with E-state index < -0.39 is 0 Å². The summed E-state index contributed by atoms with van der Waals surface area (Å²) in [6.07, 6.45) is 0. The van der Waals surface area contributed by atoms with Crippen molar-refractivity contribution in [3.63, 3.8) is 0 Å². The highest BCUT2D eigenvalue weighted by molar-refractivity contribution is 7.80. The second-order valence-electron chi connectivity index (χ2n) is 5.92. The fraction of sp³-hybridized carbons (Fsp3) is 0.158. The summed E-state index contributed by atoms with van der Waals surface area (Å²) in [5.74, 6) is -0.601. The summed E-state index contributed by atoms with van der Waals surface area (Å²) in [5.41, 5.74) is 3.99. The van der Waals surface area contributed by atoms with Crippen LogP contribution in [-0.2, 0) is 6.54 Å². The Bertz CT molecular complexity index is 935. The van der Waals surface area contributed by atoms with Gasteiger partial charge < -0.3 is 10.6 Å². The van der Waals surface area contributed by atoms with Gasteiger partial charge in [-0.3, -0.25) is 4.68 Å². The Kier molecular flexibility index (Phi) is 5.27. The van der Waals surface area contributed by atoms with Crippen molar-refractivity contribution in [2.75, 3.05) is 10.6 Å². The number of aryl methyl sites for hydroxylation is 1. The van der Waals surface area contributed by atoms with E-state index in [0.717, 1.165) is 22.6 Å². The van der Waals surface area contributed by atoms with Crippen LogP contribution in [0.5, 0.6) is 0 Å². The Morgan fingerprint density at radius 2 is 1.77 bits per heavy atom. The Balaban J connectivity index is 1.73. The molecule has 0 bridgehead atoms. The molecule has 0 saturated heterocycles. The predicted molar refractivity (Wildman–Crippen MR) is 103 cm³/mol. The van der Waals surface area contributed by atoms with Gasteiger partial charge in [-0.1, -0.05) is 18.2 Å². The first kappa shape index (κ1) is 18.0. The molecule has 0 fully saturated rings. The minimum Gasteiger partial charge on any atom is -0.332 e. The quantitative estimate of drug-likeness (QED) is 0.655. The van der Waals surface area contributed by atoms with Gasteiger partial charge in [0.05, 0.1) is 23.6 Å². The standard InChI is InChI=1S/C19H18F2N4S/c1-12-18(23-19(26)22-17-5-3-4-16(21)10-17)13(2)25(24-12)11-14-6-8-15(20)9-7-14/h3-10H,11H2,1-2H3,(H2,22,23,26). The Morgan fingerprint density at radius 1 is 1.04 bits per heavy atom. The van der Waals surface area contributed by atoms with Gasteiger partial charge in [-0.2, -0.15) is 5.10 Å². The summed E-state index contributed by atoms with van der Waals surface area (Å²) < 4.78 is 28.1. The largest absolute Gasteiger partial charge is 0.332 e. The monoisotopic (exact) mass is 372 g/mol. The van der Waals surface area contributed by atoms with Crippen LogP contribution in [0.15, 0.2) is 48.5 Å². The first-order valence-electron chi connectivity index (χ1n) is 8.04. The number of rotatable bonds is 4. The number of anilines is 2. The van der Waals surface area contributed by atoms with E-state index in [1.807, 2.05) is 18.5 Å². The van der Waals surface area contributed by atoms with Crippen molar-refractivity contribution >= 4 is 28.7 Å². The second-order valence-corrected chi connectivity index (χ2v) is 6.33. The molecule has 0 aliphatic rings. The van der Waals surface area contributed by atoms with Crippen molar-refractivity contribution < 1.29 is 8.78 Å². The third kappa shape index (κ3) is 4.23. The Morgan fingerprint density at radius 3 is 2.46 bits per heavy atom. The Hall–Kier alpha value is -2.80. The minimum absolute atomic E-state index is 0.266. The van der Waals surface area contributed by atoms with E-state index in [9.17, 15) is 8.78 Å². The molecule has 7 heteroatoms. The smallest absolute Gasteiger partial charge is 0.175 e. The maximum atomic E-state index is 13.3. The van der Waals surface area contributed by atoms with Crippen molar-refractivity contribution in [3.05, 3.63) is 77.1 Å². The van der Waals surface area contributed by atoms with Gasteiger partial charge in [-0.15, -0.1) is 0 Å². The van der Waals surface area contributed by atoms with Gasteiger partial charge in [0.15, 0.2) is 5.11 Å². The van der Waals surface area contributed by atoms with Gasteiger partial charge in [-0.05, 0) is 62.0 Å². The number of benzene rings is 2. The van der Waals surface area contributed by atoms with E-state index in [0.29, 0.717) is 17.3 Å². The lowest BCUT2D eigenvalue weighted by molar-refractivity contribution is 0.622. The number of nitrogens with one attached hydrogen (secondary N) is 2. The summed E-state index contributed by atoms with van der Waals surface area (Å²) in [6.45, 7) is 4.33. The first-order valence-corrected chi connectivity index (χ1v) is 8.45. The molecular weight excluding hydrogens is 354 g/mol. The zero-order chi connectivity index (χ0) is 18.7. The lowest BCUT2D eigenvalue weighted by atomic mass is 10.2. The molecule has 0 radical (unpaired) electrons. The summed E-state index contributed by atoms with van der Waals surface area (Å²) in [6, 6.07) is 12.4. The zero-order valence-electron chi connectivity index (χ0n) is 14.4. The molecule has 0 saturated carbocycles. The average molecular weight is 372 g/mol. The van der Waals surface area contributed by atoms with E-state index in [1.165, 1.54) is 24.3 Å².